The molecule has 2 aliphatic heterocycles. The summed E-state index contributed by atoms with van der Waals surface area (Å²) in [6, 6.07) is 6.98. The molecule has 0 radical (unpaired) electrons. The van der Waals surface area contributed by atoms with Crippen molar-refractivity contribution in [3.05, 3.63) is 35.4 Å². The second-order valence-electron chi connectivity index (χ2n) is 8.07. The summed E-state index contributed by atoms with van der Waals surface area (Å²) in [6.45, 7) is 5.87. The van der Waals surface area contributed by atoms with Crippen molar-refractivity contribution in [2.24, 2.45) is 11.1 Å². The van der Waals surface area contributed by atoms with E-state index in [4.69, 9.17) is 10.5 Å². The van der Waals surface area contributed by atoms with Crippen molar-refractivity contribution in [2.75, 3.05) is 6.54 Å². The quantitative estimate of drug-likeness (QED) is 0.907. The number of benzene rings is 1. The van der Waals surface area contributed by atoms with Gasteiger partial charge in [-0.2, -0.15) is 0 Å². The molecule has 2 saturated heterocycles. The third-order valence-corrected chi connectivity index (χ3v) is 5.02. The molecular formula is C19H24N2O4. The highest BCUT2D eigenvalue weighted by atomic mass is 16.6. The second kappa shape index (κ2) is 5.86. The molecule has 0 atom stereocenters. The Balaban J connectivity index is 1.70. The number of ketones is 1. The van der Waals surface area contributed by atoms with Crippen LogP contribution in [0.15, 0.2) is 24.3 Å². The molecule has 1 aromatic carbocycles. The van der Waals surface area contributed by atoms with Gasteiger partial charge in [0.15, 0.2) is 0 Å². The largest absolute Gasteiger partial charge is 0.444 e. The number of hydrogen-bond donors (Lipinski definition) is 1. The van der Waals surface area contributed by atoms with Crippen LogP contribution in [0.2, 0.25) is 0 Å². The minimum atomic E-state index is -0.554. The lowest BCUT2D eigenvalue weighted by Gasteiger charge is -2.35. The van der Waals surface area contributed by atoms with Crippen LogP contribution in [0.5, 0.6) is 0 Å². The number of nitrogens with zero attached hydrogens (tertiary/aromatic N) is 1. The molecule has 0 spiro atoms. The molecule has 25 heavy (non-hydrogen) atoms. The predicted octanol–water partition coefficient (Wildman–Crippen LogP) is 2.30. The standard InChI is InChI=1S/C19H24N2O4/c1-18(2,3)25-17(24)21-11-19(9-13(21)10-19)15(22)8-12-6-4-5-7-14(12)16(20)23/h4-7,13H,8-11H2,1-3H3,(H2,20,23). The van der Waals surface area contributed by atoms with Crippen LogP contribution in [-0.4, -0.2) is 40.9 Å². The van der Waals surface area contributed by atoms with Gasteiger partial charge in [-0.25, -0.2) is 4.79 Å². The van der Waals surface area contributed by atoms with Crippen molar-refractivity contribution in [3.63, 3.8) is 0 Å². The van der Waals surface area contributed by atoms with E-state index in [1.54, 1.807) is 29.2 Å². The Labute approximate surface area is 147 Å². The van der Waals surface area contributed by atoms with Gasteiger partial charge in [0.1, 0.15) is 11.4 Å². The first-order valence-electron chi connectivity index (χ1n) is 8.52. The van der Waals surface area contributed by atoms with E-state index in [1.807, 2.05) is 20.8 Å². The summed E-state index contributed by atoms with van der Waals surface area (Å²) in [5.41, 5.74) is 5.35. The van der Waals surface area contributed by atoms with Gasteiger partial charge in [0, 0.05) is 24.6 Å². The fraction of sp³-hybridized carbons (Fsp3) is 0.526. The van der Waals surface area contributed by atoms with E-state index in [1.165, 1.54) is 0 Å². The molecule has 1 aromatic rings. The average molecular weight is 344 g/mol. The van der Waals surface area contributed by atoms with Crippen LogP contribution in [0.25, 0.3) is 0 Å². The van der Waals surface area contributed by atoms with Gasteiger partial charge in [0.25, 0.3) is 0 Å². The molecule has 1 aliphatic carbocycles. The lowest BCUT2D eigenvalue weighted by Crippen LogP contribution is -2.42. The molecule has 6 heteroatoms. The summed E-state index contributed by atoms with van der Waals surface area (Å²) in [5.74, 6) is -0.474. The van der Waals surface area contributed by atoms with Crippen LogP contribution in [-0.2, 0) is 16.0 Å². The summed E-state index contributed by atoms with van der Waals surface area (Å²) in [4.78, 5) is 38.4. The topological polar surface area (TPSA) is 89.7 Å². The van der Waals surface area contributed by atoms with E-state index in [9.17, 15) is 14.4 Å². The molecule has 3 fully saturated rings. The van der Waals surface area contributed by atoms with Crippen LogP contribution in [0.4, 0.5) is 4.79 Å². The van der Waals surface area contributed by atoms with Crippen molar-refractivity contribution >= 4 is 17.8 Å². The van der Waals surface area contributed by atoms with Crippen LogP contribution in [0.1, 0.15) is 49.5 Å². The number of ether oxygens (including phenoxy) is 1. The Bertz CT molecular complexity index is 729. The van der Waals surface area contributed by atoms with Crippen molar-refractivity contribution < 1.29 is 19.1 Å². The minimum Gasteiger partial charge on any atom is -0.444 e. The number of primary amides is 1. The smallest absolute Gasteiger partial charge is 0.410 e. The number of rotatable bonds is 4. The van der Waals surface area contributed by atoms with Crippen molar-refractivity contribution in [2.45, 2.75) is 51.7 Å². The molecule has 2 bridgehead atoms. The molecule has 1 saturated carbocycles. The Morgan fingerprint density at radius 2 is 1.88 bits per heavy atom. The van der Waals surface area contributed by atoms with Gasteiger partial charge >= 0.3 is 6.09 Å². The Kier molecular flexibility index (Phi) is 4.09. The fourth-order valence-corrected chi connectivity index (χ4v) is 3.77. The van der Waals surface area contributed by atoms with Gasteiger partial charge < -0.3 is 15.4 Å². The van der Waals surface area contributed by atoms with Crippen LogP contribution in [0, 0.1) is 5.41 Å². The lowest BCUT2D eigenvalue weighted by atomic mass is 9.66. The van der Waals surface area contributed by atoms with Gasteiger partial charge in [-0.05, 0) is 45.2 Å². The third-order valence-electron chi connectivity index (χ3n) is 5.02. The predicted molar refractivity (Wildman–Crippen MR) is 92.1 cm³/mol. The molecule has 2 amide bonds. The maximum Gasteiger partial charge on any atom is 0.410 e. The summed E-state index contributed by atoms with van der Waals surface area (Å²) in [5, 5.41) is 0. The van der Waals surface area contributed by atoms with Crippen molar-refractivity contribution in [1.82, 2.24) is 4.90 Å². The van der Waals surface area contributed by atoms with Gasteiger partial charge in [0.2, 0.25) is 5.91 Å². The normalized spacial score (nSPS) is 24.6. The maximum atomic E-state index is 12.9. The molecule has 0 aromatic heterocycles. The third kappa shape index (κ3) is 3.25. The Morgan fingerprint density at radius 3 is 2.48 bits per heavy atom. The molecule has 134 valence electrons. The number of carbonyl (C=O) groups excluding carboxylic acids is 3. The van der Waals surface area contributed by atoms with E-state index in [0.29, 0.717) is 30.5 Å². The van der Waals surface area contributed by atoms with Crippen LogP contribution < -0.4 is 5.73 Å². The lowest BCUT2D eigenvalue weighted by molar-refractivity contribution is -0.129. The Hall–Kier alpha value is -2.37. The zero-order valence-electron chi connectivity index (χ0n) is 14.9. The first-order valence-corrected chi connectivity index (χ1v) is 8.52. The van der Waals surface area contributed by atoms with E-state index in [-0.39, 0.29) is 24.3 Å². The van der Waals surface area contributed by atoms with Crippen LogP contribution >= 0.6 is 0 Å². The van der Waals surface area contributed by atoms with E-state index in [2.05, 4.69) is 0 Å². The SMILES string of the molecule is CC(C)(C)OC(=O)N1CC2(C(=O)Cc3ccccc3C(N)=O)CC1C2. The second-order valence-corrected chi connectivity index (χ2v) is 8.07. The molecule has 2 heterocycles. The highest BCUT2D eigenvalue weighted by Gasteiger charge is 2.60. The number of hydrogen-bond acceptors (Lipinski definition) is 4. The van der Waals surface area contributed by atoms with Gasteiger partial charge in [-0.15, -0.1) is 0 Å². The summed E-state index contributed by atoms with van der Waals surface area (Å²) in [6.07, 6.45) is 1.14. The highest BCUT2D eigenvalue weighted by Crippen LogP contribution is 2.53. The number of nitrogens with two attached hydrogens (primary N) is 1. The molecule has 0 unspecified atom stereocenters. The summed E-state index contributed by atoms with van der Waals surface area (Å²) >= 11 is 0. The maximum absolute atomic E-state index is 12.9. The van der Waals surface area contributed by atoms with Gasteiger partial charge in [-0.3, -0.25) is 9.59 Å². The minimum absolute atomic E-state index is 0.0588. The van der Waals surface area contributed by atoms with Gasteiger partial charge in [-0.1, -0.05) is 18.2 Å². The molecule has 4 rings (SSSR count). The first-order chi connectivity index (χ1) is 11.6. The molecule has 3 aliphatic rings. The van der Waals surface area contributed by atoms with Gasteiger partial charge in [0.05, 0.1) is 5.41 Å². The number of carbonyl (C=O) groups is 3. The van der Waals surface area contributed by atoms with E-state index >= 15 is 0 Å². The zero-order valence-corrected chi connectivity index (χ0v) is 14.9. The Morgan fingerprint density at radius 1 is 1.24 bits per heavy atom. The number of amides is 2. The summed E-state index contributed by atoms with van der Waals surface area (Å²) < 4.78 is 5.43. The summed E-state index contributed by atoms with van der Waals surface area (Å²) in [7, 11) is 0. The van der Waals surface area contributed by atoms with E-state index in [0.717, 1.165) is 0 Å². The highest BCUT2D eigenvalue weighted by molar-refractivity contribution is 5.97. The number of Topliss-reactive ketones (excluding diaryl/α,β-unsaturated/α-hetero) is 1. The van der Waals surface area contributed by atoms with Crippen molar-refractivity contribution in [1.29, 1.82) is 0 Å². The molecule has 6 nitrogen and oxygen atoms in total. The van der Waals surface area contributed by atoms with Crippen LogP contribution in [0.3, 0.4) is 0 Å². The number of fused-ring (bicyclic) bond motifs is 1. The average Bonchev–Trinajstić information content (AvgIpc) is 3.02. The first kappa shape index (κ1) is 17.5. The van der Waals surface area contributed by atoms with Crippen molar-refractivity contribution in [3.8, 4) is 0 Å². The zero-order chi connectivity index (χ0) is 18.4. The molecular weight excluding hydrogens is 320 g/mol. The van der Waals surface area contributed by atoms with E-state index < -0.39 is 16.9 Å². The molecule has 2 N–H and O–H groups in total. The fourth-order valence-electron chi connectivity index (χ4n) is 3.77. The monoisotopic (exact) mass is 344 g/mol.